The highest BCUT2D eigenvalue weighted by molar-refractivity contribution is 6.14. The summed E-state index contributed by atoms with van der Waals surface area (Å²) in [5, 5.41) is 13.8. The molecule has 1 heterocycles. The number of nitro benzene ring substituents is 1. The van der Waals surface area contributed by atoms with Crippen molar-refractivity contribution < 1.29 is 14.5 Å². The van der Waals surface area contributed by atoms with E-state index in [1.807, 2.05) is 13.0 Å². The first kappa shape index (κ1) is 17.5. The molecule has 0 bridgehead atoms. The van der Waals surface area contributed by atoms with Gasteiger partial charge < -0.3 is 5.32 Å². The summed E-state index contributed by atoms with van der Waals surface area (Å²) in [6, 6.07) is 4.32. The highest BCUT2D eigenvalue weighted by Crippen LogP contribution is 2.30. The molecule has 0 radical (unpaired) electrons. The van der Waals surface area contributed by atoms with Crippen LogP contribution in [0.3, 0.4) is 0 Å². The van der Waals surface area contributed by atoms with Crippen molar-refractivity contribution in [3.8, 4) is 0 Å². The molecule has 1 aromatic rings. The molecule has 0 saturated heterocycles. The van der Waals surface area contributed by atoms with E-state index in [0.717, 1.165) is 5.57 Å². The zero-order valence-corrected chi connectivity index (χ0v) is 14.6. The number of hydrogen-bond donors (Lipinski definition) is 1. The Morgan fingerprint density at radius 3 is 2.69 bits per heavy atom. The van der Waals surface area contributed by atoms with Crippen LogP contribution < -0.4 is 5.32 Å². The number of benzene rings is 1. The Morgan fingerprint density at radius 2 is 2.00 bits per heavy atom. The summed E-state index contributed by atoms with van der Waals surface area (Å²) in [5.41, 5.74) is 3.03. The molecule has 7 nitrogen and oxygen atoms in total. The van der Waals surface area contributed by atoms with Gasteiger partial charge in [-0.05, 0) is 39.0 Å². The summed E-state index contributed by atoms with van der Waals surface area (Å²) in [4.78, 5) is 39.0. The Kier molecular flexibility index (Phi) is 4.38. The molecule has 1 aliphatic heterocycles. The third-order valence-electron chi connectivity index (χ3n) is 4.72. The summed E-state index contributed by atoms with van der Waals surface area (Å²) < 4.78 is 0. The predicted molar refractivity (Wildman–Crippen MR) is 96.8 cm³/mol. The molecule has 0 spiro atoms. The van der Waals surface area contributed by atoms with Crippen LogP contribution in [0.1, 0.15) is 29.8 Å². The van der Waals surface area contributed by atoms with Crippen LogP contribution in [0.5, 0.6) is 0 Å². The number of rotatable bonds is 2. The van der Waals surface area contributed by atoms with Gasteiger partial charge in [0.2, 0.25) is 0 Å². The third kappa shape index (κ3) is 2.99. The van der Waals surface area contributed by atoms with Crippen LogP contribution in [-0.4, -0.2) is 22.4 Å². The van der Waals surface area contributed by atoms with E-state index in [9.17, 15) is 19.7 Å². The van der Waals surface area contributed by atoms with Crippen LogP contribution in [0.2, 0.25) is 0 Å². The van der Waals surface area contributed by atoms with Crippen molar-refractivity contribution in [3.63, 3.8) is 0 Å². The fourth-order valence-corrected chi connectivity index (χ4v) is 3.02. The summed E-state index contributed by atoms with van der Waals surface area (Å²) in [6.45, 7) is 5.19. The number of nitrogens with zero attached hydrogens (tertiary/aromatic N) is 2. The first-order valence-corrected chi connectivity index (χ1v) is 8.05. The van der Waals surface area contributed by atoms with Gasteiger partial charge in [0.1, 0.15) is 0 Å². The van der Waals surface area contributed by atoms with Crippen molar-refractivity contribution in [1.29, 1.82) is 0 Å². The largest absolute Gasteiger partial charge is 0.325 e. The third-order valence-corrected chi connectivity index (χ3v) is 4.72. The van der Waals surface area contributed by atoms with Gasteiger partial charge in [0.05, 0.1) is 16.2 Å². The van der Waals surface area contributed by atoms with Gasteiger partial charge in [0.15, 0.2) is 0 Å². The maximum atomic E-state index is 12.5. The van der Waals surface area contributed by atoms with Crippen LogP contribution >= 0.6 is 0 Å². The highest BCUT2D eigenvalue weighted by atomic mass is 16.6. The lowest BCUT2D eigenvalue weighted by Crippen LogP contribution is -2.35. The lowest BCUT2D eigenvalue weighted by molar-refractivity contribution is -0.385. The predicted octanol–water partition coefficient (Wildman–Crippen LogP) is 3.02. The van der Waals surface area contributed by atoms with E-state index in [0.29, 0.717) is 17.0 Å². The van der Waals surface area contributed by atoms with Gasteiger partial charge in [-0.3, -0.25) is 19.7 Å². The smallest absolute Gasteiger partial charge is 0.278 e. The van der Waals surface area contributed by atoms with Crippen molar-refractivity contribution in [2.24, 2.45) is 10.9 Å². The van der Waals surface area contributed by atoms with Gasteiger partial charge >= 0.3 is 0 Å². The zero-order valence-electron chi connectivity index (χ0n) is 14.6. The molecular weight excluding hydrogens is 334 g/mol. The lowest BCUT2D eigenvalue weighted by Gasteiger charge is -2.28. The average Bonchev–Trinajstić information content (AvgIpc) is 2.59. The second kappa shape index (κ2) is 6.51. The van der Waals surface area contributed by atoms with Crippen molar-refractivity contribution in [2.75, 3.05) is 0 Å². The van der Waals surface area contributed by atoms with Crippen molar-refractivity contribution in [2.45, 2.75) is 20.8 Å². The average molecular weight is 351 g/mol. The highest BCUT2D eigenvalue weighted by Gasteiger charge is 2.27. The van der Waals surface area contributed by atoms with Gasteiger partial charge in [-0.2, -0.15) is 0 Å². The molecule has 7 heteroatoms. The second-order valence-corrected chi connectivity index (χ2v) is 6.25. The van der Waals surface area contributed by atoms with E-state index < -0.39 is 10.8 Å². The van der Waals surface area contributed by atoms with Gasteiger partial charge in [-0.15, -0.1) is 0 Å². The minimum Gasteiger partial charge on any atom is -0.325 e. The molecule has 0 aromatic heterocycles. The normalized spacial score (nSPS) is 20.6. The fraction of sp³-hybridized carbons (Fsp3) is 0.211. The second-order valence-electron chi connectivity index (χ2n) is 6.25. The lowest BCUT2D eigenvalue weighted by atomic mass is 9.85. The zero-order chi connectivity index (χ0) is 19.0. The van der Waals surface area contributed by atoms with Crippen molar-refractivity contribution >= 4 is 23.2 Å². The standard InChI is InChI=1S/C19H17N3O4/c1-10-11(2)18(23)21-16-9-13(7-8-14(10)16)20-19(24)15-5-4-6-17(12(15)3)22(25)26/h4-9,14H,1-3H3,(H,21,23). The van der Waals surface area contributed by atoms with Crippen LogP contribution in [0.15, 0.2) is 58.3 Å². The number of carbonyl (C=O) groups is 2. The molecule has 1 unspecified atom stereocenters. The van der Waals surface area contributed by atoms with E-state index in [-0.39, 0.29) is 28.6 Å². The first-order chi connectivity index (χ1) is 12.3. The van der Waals surface area contributed by atoms with Gasteiger partial charge in [0, 0.05) is 28.8 Å². The number of nitrogens with one attached hydrogen (secondary N) is 1. The van der Waals surface area contributed by atoms with Crippen molar-refractivity contribution in [3.05, 3.63) is 74.5 Å². The molecule has 0 saturated carbocycles. The number of allylic oxidation sites excluding steroid dienone is 3. The number of nitro groups is 1. The molecule has 1 atom stereocenters. The Balaban J connectivity index is 1.94. The quantitative estimate of drug-likeness (QED) is 0.653. The number of aliphatic imine (C=N–C) groups is 1. The summed E-state index contributed by atoms with van der Waals surface area (Å²) in [7, 11) is 0. The number of fused-ring (bicyclic) bond motifs is 1. The Morgan fingerprint density at radius 1 is 1.27 bits per heavy atom. The summed E-state index contributed by atoms with van der Waals surface area (Å²) >= 11 is 0. The molecule has 1 aliphatic carbocycles. The van der Waals surface area contributed by atoms with Gasteiger partial charge in [-0.25, -0.2) is 4.99 Å². The number of hydrogen-bond acceptors (Lipinski definition) is 4. The Labute approximate surface area is 150 Å². The van der Waals surface area contributed by atoms with Gasteiger partial charge in [0.25, 0.3) is 17.5 Å². The maximum absolute atomic E-state index is 12.5. The Hall–Kier alpha value is -3.35. The summed E-state index contributed by atoms with van der Waals surface area (Å²) in [5.74, 6) is -0.770. The first-order valence-electron chi connectivity index (χ1n) is 8.05. The molecule has 2 aliphatic rings. The van der Waals surface area contributed by atoms with E-state index in [4.69, 9.17) is 0 Å². The van der Waals surface area contributed by atoms with E-state index >= 15 is 0 Å². The molecule has 26 heavy (non-hydrogen) atoms. The minimum absolute atomic E-state index is 0.0405. The molecule has 1 N–H and O–H groups in total. The monoisotopic (exact) mass is 351 g/mol. The van der Waals surface area contributed by atoms with Crippen LogP contribution in [-0.2, 0) is 4.79 Å². The Bertz CT molecular complexity index is 967. The van der Waals surface area contributed by atoms with Crippen LogP contribution in [0.4, 0.5) is 5.69 Å². The van der Waals surface area contributed by atoms with Crippen LogP contribution in [0.25, 0.3) is 0 Å². The molecule has 132 valence electrons. The van der Waals surface area contributed by atoms with Gasteiger partial charge in [-0.1, -0.05) is 17.7 Å². The minimum atomic E-state index is -0.563. The van der Waals surface area contributed by atoms with E-state index in [2.05, 4.69) is 10.3 Å². The van der Waals surface area contributed by atoms with Crippen molar-refractivity contribution in [1.82, 2.24) is 5.32 Å². The molecule has 3 rings (SSSR count). The van der Waals surface area contributed by atoms with E-state index in [1.165, 1.54) is 25.1 Å². The SMILES string of the molecule is CC1=C(C)C2C=CC(=NC(=O)c3cccc([N+](=O)[O-])c3C)C=C2NC1=O. The van der Waals surface area contributed by atoms with Crippen LogP contribution in [0, 0.1) is 23.0 Å². The molecule has 1 aromatic carbocycles. The summed E-state index contributed by atoms with van der Waals surface area (Å²) in [6.07, 6.45) is 5.25. The molecule has 2 amide bonds. The molecular formula is C19H17N3O4. The maximum Gasteiger partial charge on any atom is 0.278 e. The van der Waals surface area contributed by atoms with E-state index in [1.54, 1.807) is 19.1 Å². The number of carbonyl (C=O) groups excluding carboxylic acids is 2. The molecule has 0 fully saturated rings. The fourth-order valence-electron chi connectivity index (χ4n) is 3.02. The topological polar surface area (TPSA) is 102 Å². The number of amides is 2.